The van der Waals surface area contributed by atoms with E-state index < -0.39 is 18.6 Å². The summed E-state index contributed by atoms with van der Waals surface area (Å²) in [7, 11) is 0. The van der Waals surface area contributed by atoms with E-state index in [9.17, 15) is 18.0 Å². The van der Waals surface area contributed by atoms with Crippen molar-refractivity contribution >= 4 is 23.2 Å². The van der Waals surface area contributed by atoms with E-state index in [1.807, 2.05) is 0 Å². The molecular formula is C13H16ClF3N2O. The Morgan fingerprint density at radius 2 is 2.00 bits per heavy atom. The number of amides is 1. The first-order valence-electron chi connectivity index (χ1n) is 6.01. The van der Waals surface area contributed by atoms with Gasteiger partial charge in [0.15, 0.2) is 0 Å². The van der Waals surface area contributed by atoms with Crippen molar-refractivity contribution in [2.75, 3.05) is 18.8 Å². The molecule has 0 saturated heterocycles. The van der Waals surface area contributed by atoms with Crippen LogP contribution in [0.2, 0.25) is 5.02 Å². The van der Waals surface area contributed by atoms with Crippen LogP contribution < -0.4 is 5.73 Å². The van der Waals surface area contributed by atoms with Crippen LogP contribution in [0, 0.1) is 5.92 Å². The maximum atomic E-state index is 12.5. The summed E-state index contributed by atoms with van der Waals surface area (Å²) in [5, 5.41) is 0.146. The van der Waals surface area contributed by atoms with Gasteiger partial charge in [-0.3, -0.25) is 4.79 Å². The van der Waals surface area contributed by atoms with E-state index in [2.05, 4.69) is 0 Å². The van der Waals surface area contributed by atoms with E-state index in [0.717, 1.165) is 4.90 Å². The van der Waals surface area contributed by atoms with Crippen LogP contribution in [0.3, 0.4) is 0 Å². The molecule has 0 aliphatic heterocycles. The number of carbonyl (C=O) groups excluding carboxylic acids is 1. The molecule has 20 heavy (non-hydrogen) atoms. The van der Waals surface area contributed by atoms with Crippen LogP contribution in [-0.4, -0.2) is 30.1 Å². The maximum absolute atomic E-state index is 12.5. The van der Waals surface area contributed by atoms with Gasteiger partial charge in [0.05, 0.1) is 10.7 Å². The summed E-state index contributed by atoms with van der Waals surface area (Å²) < 4.78 is 37.6. The maximum Gasteiger partial charge on any atom is 0.406 e. The summed E-state index contributed by atoms with van der Waals surface area (Å²) in [5.74, 6) is -0.788. The van der Waals surface area contributed by atoms with E-state index in [1.165, 1.54) is 18.2 Å². The third-order valence-corrected chi connectivity index (χ3v) is 2.82. The zero-order chi connectivity index (χ0) is 15.5. The number of rotatable bonds is 4. The van der Waals surface area contributed by atoms with Gasteiger partial charge in [0.2, 0.25) is 0 Å². The van der Waals surface area contributed by atoms with E-state index in [0.29, 0.717) is 0 Å². The molecule has 0 unspecified atom stereocenters. The van der Waals surface area contributed by atoms with Gasteiger partial charge in [0.25, 0.3) is 5.91 Å². The summed E-state index contributed by atoms with van der Waals surface area (Å²) in [6.45, 7) is 2.21. The number of nitrogens with zero attached hydrogens (tertiary/aromatic N) is 1. The minimum Gasteiger partial charge on any atom is -0.398 e. The number of hydrogen-bond donors (Lipinski definition) is 1. The number of nitrogen functional groups attached to an aromatic ring is 1. The van der Waals surface area contributed by atoms with E-state index in [1.54, 1.807) is 13.8 Å². The predicted molar refractivity (Wildman–Crippen MR) is 72.7 cm³/mol. The second kappa shape index (κ2) is 6.35. The van der Waals surface area contributed by atoms with Crippen molar-refractivity contribution in [1.82, 2.24) is 4.90 Å². The molecule has 0 bridgehead atoms. The monoisotopic (exact) mass is 308 g/mol. The average Bonchev–Trinajstić information content (AvgIpc) is 2.28. The Balaban J connectivity index is 2.99. The highest BCUT2D eigenvalue weighted by Crippen LogP contribution is 2.23. The van der Waals surface area contributed by atoms with Crippen molar-refractivity contribution in [3.8, 4) is 0 Å². The minimum absolute atomic E-state index is 0.0142. The molecule has 2 N–H and O–H groups in total. The Morgan fingerprint density at radius 1 is 1.40 bits per heavy atom. The van der Waals surface area contributed by atoms with Gasteiger partial charge >= 0.3 is 6.18 Å². The van der Waals surface area contributed by atoms with Crippen molar-refractivity contribution < 1.29 is 18.0 Å². The van der Waals surface area contributed by atoms with E-state index in [-0.39, 0.29) is 28.7 Å². The highest BCUT2D eigenvalue weighted by atomic mass is 35.5. The Bertz CT molecular complexity index is 489. The lowest BCUT2D eigenvalue weighted by Gasteiger charge is -2.25. The molecule has 0 saturated carbocycles. The highest BCUT2D eigenvalue weighted by Gasteiger charge is 2.33. The van der Waals surface area contributed by atoms with Gasteiger partial charge in [-0.15, -0.1) is 0 Å². The summed E-state index contributed by atoms with van der Waals surface area (Å²) in [4.78, 5) is 12.9. The number of alkyl halides is 3. The Kier molecular flexibility index (Phi) is 5.28. The topological polar surface area (TPSA) is 46.3 Å². The van der Waals surface area contributed by atoms with Crippen molar-refractivity contribution in [2.45, 2.75) is 20.0 Å². The first-order chi connectivity index (χ1) is 9.10. The smallest absolute Gasteiger partial charge is 0.398 e. The highest BCUT2D eigenvalue weighted by molar-refractivity contribution is 6.33. The molecule has 0 aliphatic carbocycles. The molecule has 1 aromatic rings. The van der Waals surface area contributed by atoms with Crippen molar-refractivity contribution in [2.24, 2.45) is 5.92 Å². The third kappa shape index (κ3) is 4.92. The SMILES string of the molecule is CC(C)CN(CC(F)(F)F)C(=O)c1ccc(N)c(Cl)c1. The number of benzene rings is 1. The fraction of sp³-hybridized carbons (Fsp3) is 0.462. The largest absolute Gasteiger partial charge is 0.406 e. The van der Waals surface area contributed by atoms with Crippen LogP contribution in [0.5, 0.6) is 0 Å². The molecule has 0 aliphatic rings. The first-order valence-corrected chi connectivity index (χ1v) is 6.39. The molecule has 7 heteroatoms. The van der Waals surface area contributed by atoms with Gasteiger partial charge in [0, 0.05) is 12.1 Å². The normalized spacial score (nSPS) is 11.8. The predicted octanol–water partition coefficient (Wildman–Crippen LogP) is 3.58. The quantitative estimate of drug-likeness (QED) is 0.864. The molecule has 0 radical (unpaired) electrons. The number of halogens is 4. The fourth-order valence-corrected chi connectivity index (χ4v) is 1.90. The van der Waals surface area contributed by atoms with Crippen LogP contribution in [0.15, 0.2) is 18.2 Å². The van der Waals surface area contributed by atoms with Crippen LogP contribution in [0.25, 0.3) is 0 Å². The molecule has 0 spiro atoms. The van der Waals surface area contributed by atoms with Gasteiger partial charge < -0.3 is 10.6 Å². The molecule has 1 rings (SSSR count). The molecular weight excluding hydrogens is 293 g/mol. The van der Waals surface area contributed by atoms with Crippen LogP contribution in [0.1, 0.15) is 24.2 Å². The lowest BCUT2D eigenvalue weighted by atomic mass is 10.1. The minimum atomic E-state index is -4.44. The molecule has 0 fully saturated rings. The standard InChI is InChI=1S/C13H16ClF3N2O/c1-8(2)6-19(7-13(15,16)17)12(20)9-3-4-11(18)10(14)5-9/h3-5,8H,6-7,18H2,1-2H3. The van der Waals surface area contributed by atoms with Gasteiger partial charge in [0.1, 0.15) is 6.54 Å². The Hall–Kier alpha value is -1.43. The number of anilines is 1. The zero-order valence-electron chi connectivity index (χ0n) is 11.2. The van der Waals surface area contributed by atoms with Gasteiger partial charge in [-0.25, -0.2) is 0 Å². The first kappa shape index (κ1) is 16.6. The molecule has 3 nitrogen and oxygen atoms in total. The van der Waals surface area contributed by atoms with Crippen molar-refractivity contribution in [3.05, 3.63) is 28.8 Å². The number of nitrogens with two attached hydrogens (primary N) is 1. The number of hydrogen-bond acceptors (Lipinski definition) is 2. The number of carbonyl (C=O) groups is 1. The zero-order valence-corrected chi connectivity index (χ0v) is 11.9. The Morgan fingerprint density at radius 3 is 2.45 bits per heavy atom. The third-order valence-electron chi connectivity index (χ3n) is 2.49. The molecule has 1 aromatic carbocycles. The van der Waals surface area contributed by atoms with Crippen LogP contribution in [0.4, 0.5) is 18.9 Å². The average molecular weight is 309 g/mol. The Labute approximate surface area is 120 Å². The van der Waals surface area contributed by atoms with Crippen LogP contribution in [-0.2, 0) is 0 Å². The van der Waals surface area contributed by atoms with Gasteiger partial charge in [-0.05, 0) is 24.1 Å². The lowest BCUT2D eigenvalue weighted by molar-refractivity contribution is -0.141. The fourth-order valence-electron chi connectivity index (χ4n) is 1.72. The molecule has 0 heterocycles. The second-order valence-electron chi connectivity index (χ2n) is 4.93. The second-order valence-corrected chi connectivity index (χ2v) is 5.34. The summed E-state index contributed by atoms with van der Waals surface area (Å²) in [6.07, 6.45) is -4.44. The van der Waals surface area contributed by atoms with E-state index >= 15 is 0 Å². The summed E-state index contributed by atoms with van der Waals surface area (Å²) in [6, 6.07) is 4.05. The molecule has 0 atom stereocenters. The van der Waals surface area contributed by atoms with Gasteiger partial charge in [-0.2, -0.15) is 13.2 Å². The lowest BCUT2D eigenvalue weighted by Crippen LogP contribution is -2.41. The van der Waals surface area contributed by atoms with Crippen molar-refractivity contribution in [1.29, 1.82) is 0 Å². The van der Waals surface area contributed by atoms with Crippen molar-refractivity contribution in [3.63, 3.8) is 0 Å². The molecule has 1 amide bonds. The van der Waals surface area contributed by atoms with E-state index in [4.69, 9.17) is 17.3 Å². The summed E-state index contributed by atoms with van der Waals surface area (Å²) >= 11 is 5.78. The van der Waals surface area contributed by atoms with Crippen LogP contribution >= 0.6 is 11.6 Å². The van der Waals surface area contributed by atoms with Gasteiger partial charge in [-0.1, -0.05) is 25.4 Å². The summed E-state index contributed by atoms with van der Waals surface area (Å²) in [5.41, 5.74) is 5.88. The molecule has 0 aromatic heterocycles. The molecule has 112 valence electrons.